The van der Waals surface area contributed by atoms with Gasteiger partial charge in [0.15, 0.2) is 0 Å². The summed E-state index contributed by atoms with van der Waals surface area (Å²) in [5.74, 6) is 0. The maximum absolute atomic E-state index is 2.35. The first kappa shape index (κ1) is 30.4. The van der Waals surface area contributed by atoms with Gasteiger partial charge in [-0.25, -0.2) is 0 Å². The summed E-state index contributed by atoms with van der Waals surface area (Å²) >= 11 is 0. The van der Waals surface area contributed by atoms with E-state index in [9.17, 15) is 0 Å². The topological polar surface area (TPSA) is 3.24 Å². The summed E-state index contributed by atoms with van der Waals surface area (Å²) in [5.41, 5.74) is 13.1. The van der Waals surface area contributed by atoms with Crippen LogP contribution in [0.5, 0.6) is 0 Å². The molecule has 0 N–H and O–H groups in total. The van der Waals surface area contributed by atoms with Gasteiger partial charge in [-0.2, -0.15) is 0 Å². The molecule has 0 amide bonds. The fourth-order valence-corrected chi connectivity index (χ4v) is 7.36. The second kappa shape index (κ2) is 13.3. The molecule has 0 heterocycles. The van der Waals surface area contributed by atoms with Gasteiger partial charge in [0.2, 0.25) is 0 Å². The molecular weight excluding hydrogens is 615 g/mol. The number of hydrogen-bond donors (Lipinski definition) is 0. The molecule has 1 heteroatoms. The van der Waals surface area contributed by atoms with E-state index in [1.54, 1.807) is 0 Å². The highest BCUT2D eigenvalue weighted by molar-refractivity contribution is 6.05. The lowest BCUT2D eigenvalue weighted by Crippen LogP contribution is -2.09. The van der Waals surface area contributed by atoms with E-state index >= 15 is 0 Å². The predicted octanol–water partition coefficient (Wildman–Crippen LogP) is 14.1. The summed E-state index contributed by atoms with van der Waals surface area (Å²) in [6, 6.07) is 76.5. The molecule has 9 aromatic rings. The third kappa shape index (κ3) is 5.86. The summed E-state index contributed by atoms with van der Waals surface area (Å²) in [6.45, 7) is 0. The van der Waals surface area contributed by atoms with Crippen LogP contribution in [0.15, 0.2) is 212 Å². The van der Waals surface area contributed by atoms with E-state index in [4.69, 9.17) is 0 Å². The van der Waals surface area contributed by atoms with Crippen molar-refractivity contribution in [2.75, 3.05) is 4.90 Å². The van der Waals surface area contributed by atoms with Crippen molar-refractivity contribution in [2.45, 2.75) is 0 Å². The lowest BCUT2D eigenvalue weighted by molar-refractivity contribution is 1.28. The Bertz CT molecular complexity index is 2580. The number of anilines is 3. The normalized spacial score (nSPS) is 11.1. The molecule has 0 radical (unpaired) electrons. The van der Waals surface area contributed by atoms with E-state index in [1.165, 1.54) is 66.1 Å². The Morgan fingerprint density at radius 3 is 1.10 bits per heavy atom. The Kier molecular flexibility index (Phi) is 7.92. The first-order valence-corrected chi connectivity index (χ1v) is 17.5. The van der Waals surface area contributed by atoms with Gasteiger partial charge < -0.3 is 4.90 Å². The second-order valence-electron chi connectivity index (χ2n) is 12.9. The molecule has 9 rings (SSSR count). The van der Waals surface area contributed by atoms with Crippen LogP contribution in [0.2, 0.25) is 0 Å². The SMILES string of the molecule is c1ccc(-c2ccc(N(c3ccc(-c4cccc5ccccc45)cc3)c3ccc(-c4ccc(-c5ccccc5)c5ccccc45)cc3)cc2)cc1. The zero-order valence-electron chi connectivity index (χ0n) is 28.2. The molecule has 0 aliphatic rings. The molecule has 0 bridgehead atoms. The number of nitrogens with zero attached hydrogens (tertiary/aromatic N) is 1. The van der Waals surface area contributed by atoms with Crippen molar-refractivity contribution in [3.05, 3.63) is 212 Å². The zero-order chi connectivity index (χ0) is 34.0. The van der Waals surface area contributed by atoms with E-state index < -0.39 is 0 Å². The Balaban J connectivity index is 1.11. The van der Waals surface area contributed by atoms with Gasteiger partial charge in [0.1, 0.15) is 0 Å². The van der Waals surface area contributed by atoms with Crippen LogP contribution in [0, 0.1) is 0 Å². The summed E-state index contributed by atoms with van der Waals surface area (Å²) < 4.78 is 0. The molecule has 0 saturated carbocycles. The van der Waals surface area contributed by atoms with Gasteiger partial charge in [-0.15, -0.1) is 0 Å². The van der Waals surface area contributed by atoms with Crippen molar-refractivity contribution >= 4 is 38.6 Å². The molecule has 0 aliphatic heterocycles. The van der Waals surface area contributed by atoms with E-state index in [1.807, 2.05) is 0 Å². The molecule has 0 fully saturated rings. The molecule has 0 spiro atoms. The minimum absolute atomic E-state index is 1.11. The minimum Gasteiger partial charge on any atom is -0.311 e. The lowest BCUT2D eigenvalue weighted by atomic mass is 9.92. The maximum atomic E-state index is 2.35. The van der Waals surface area contributed by atoms with Crippen LogP contribution in [-0.2, 0) is 0 Å². The van der Waals surface area contributed by atoms with Crippen LogP contribution in [-0.4, -0.2) is 0 Å². The van der Waals surface area contributed by atoms with Crippen molar-refractivity contribution in [2.24, 2.45) is 0 Å². The molecule has 0 aromatic heterocycles. The van der Waals surface area contributed by atoms with E-state index in [-0.39, 0.29) is 0 Å². The molecular formula is C50H35N. The van der Waals surface area contributed by atoms with E-state index in [0.717, 1.165) is 17.1 Å². The molecule has 9 aromatic carbocycles. The quantitative estimate of drug-likeness (QED) is 0.166. The second-order valence-corrected chi connectivity index (χ2v) is 12.9. The Morgan fingerprint density at radius 2 is 0.569 bits per heavy atom. The minimum atomic E-state index is 1.11. The standard InChI is InChI=1S/C50H35N/c1-3-12-36(13-4-1)37-22-28-42(29-23-37)51(43-30-24-40(25-31-43)46-21-11-17-39-16-7-8-18-45(39)46)44-32-26-41(27-33-44)48-35-34-47(38-14-5-2-6-15-38)49-19-9-10-20-50(48)49/h1-35H. The molecule has 1 nitrogen and oxygen atoms in total. The highest BCUT2D eigenvalue weighted by atomic mass is 15.1. The van der Waals surface area contributed by atoms with Crippen molar-refractivity contribution in [1.29, 1.82) is 0 Å². The third-order valence-corrected chi connectivity index (χ3v) is 9.90. The van der Waals surface area contributed by atoms with Crippen LogP contribution in [0.1, 0.15) is 0 Å². The molecule has 0 unspecified atom stereocenters. The number of fused-ring (bicyclic) bond motifs is 2. The number of benzene rings is 9. The van der Waals surface area contributed by atoms with E-state index in [2.05, 4.69) is 217 Å². The highest BCUT2D eigenvalue weighted by Crippen LogP contribution is 2.40. The predicted molar refractivity (Wildman–Crippen MR) is 218 cm³/mol. The summed E-state index contributed by atoms with van der Waals surface area (Å²) in [4.78, 5) is 2.35. The first-order valence-electron chi connectivity index (χ1n) is 17.5. The van der Waals surface area contributed by atoms with Gasteiger partial charge in [0.05, 0.1) is 0 Å². The fraction of sp³-hybridized carbons (Fsp3) is 0. The Hall–Kier alpha value is -6.70. The summed E-state index contributed by atoms with van der Waals surface area (Å²) in [7, 11) is 0. The maximum Gasteiger partial charge on any atom is 0.0462 e. The molecule has 0 aliphatic carbocycles. The first-order chi connectivity index (χ1) is 25.3. The van der Waals surface area contributed by atoms with Crippen LogP contribution >= 0.6 is 0 Å². The van der Waals surface area contributed by atoms with Gasteiger partial charge in [-0.05, 0) is 102 Å². The smallest absolute Gasteiger partial charge is 0.0462 e. The van der Waals surface area contributed by atoms with Crippen molar-refractivity contribution in [1.82, 2.24) is 0 Å². The molecule has 51 heavy (non-hydrogen) atoms. The summed E-state index contributed by atoms with van der Waals surface area (Å²) in [6.07, 6.45) is 0. The number of hydrogen-bond acceptors (Lipinski definition) is 1. The molecule has 0 atom stereocenters. The zero-order valence-corrected chi connectivity index (χ0v) is 28.2. The Morgan fingerprint density at radius 1 is 0.216 bits per heavy atom. The number of rotatable bonds is 7. The van der Waals surface area contributed by atoms with Crippen molar-refractivity contribution in [3.8, 4) is 44.5 Å². The average molecular weight is 650 g/mol. The van der Waals surface area contributed by atoms with Crippen LogP contribution in [0.3, 0.4) is 0 Å². The average Bonchev–Trinajstić information content (AvgIpc) is 3.22. The third-order valence-electron chi connectivity index (χ3n) is 9.90. The van der Waals surface area contributed by atoms with Crippen LogP contribution in [0.4, 0.5) is 17.1 Å². The van der Waals surface area contributed by atoms with Crippen LogP contribution in [0.25, 0.3) is 66.1 Å². The van der Waals surface area contributed by atoms with Crippen molar-refractivity contribution < 1.29 is 0 Å². The van der Waals surface area contributed by atoms with Crippen LogP contribution < -0.4 is 4.90 Å². The lowest BCUT2D eigenvalue weighted by Gasteiger charge is -2.26. The largest absolute Gasteiger partial charge is 0.311 e. The Labute approximate surface area is 299 Å². The molecule has 240 valence electrons. The van der Waals surface area contributed by atoms with Gasteiger partial charge in [-0.1, -0.05) is 176 Å². The van der Waals surface area contributed by atoms with Gasteiger partial charge >= 0.3 is 0 Å². The van der Waals surface area contributed by atoms with Gasteiger partial charge in [0, 0.05) is 17.1 Å². The monoisotopic (exact) mass is 649 g/mol. The van der Waals surface area contributed by atoms with E-state index in [0.29, 0.717) is 0 Å². The fourth-order valence-electron chi connectivity index (χ4n) is 7.36. The molecule has 0 saturated heterocycles. The summed E-state index contributed by atoms with van der Waals surface area (Å²) in [5, 5.41) is 5.03. The van der Waals surface area contributed by atoms with Gasteiger partial charge in [-0.3, -0.25) is 0 Å². The van der Waals surface area contributed by atoms with Gasteiger partial charge in [0.25, 0.3) is 0 Å². The van der Waals surface area contributed by atoms with Crippen molar-refractivity contribution in [3.63, 3.8) is 0 Å². The highest BCUT2D eigenvalue weighted by Gasteiger charge is 2.15.